The first-order valence-electron chi connectivity index (χ1n) is 9.94. The molecule has 2 aliphatic rings. The molecule has 0 amide bonds. The van der Waals surface area contributed by atoms with E-state index in [0.717, 1.165) is 18.8 Å². The van der Waals surface area contributed by atoms with Crippen molar-refractivity contribution in [2.75, 3.05) is 18.0 Å². The molecule has 0 aliphatic heterocycles. The third kappa shape index (κ3) is 5.39. The molecule has 3 rings (SSSR count). The summed E-state index contributed by atoms with van der Waals surface area (Å²) < 4.78 is 38.6. The zero-order valence-corrected chi connectivity index (χ0v) is 15.0. The maximum absolute atomic E-state index is 12.9. The Hall–Kier alpha value is -1.19. The fraction of sp³-hybridized carbons (Fsp3) is 0.714. The minimum atomic E-state index is -4.25. The molecule has 0 heterocycles. The molecule has 1 aromatic rings. The van der Waals surface area contributed by atoms with Crippen molar-refractivity contribution in [2.45, 2.75) is 70.4 Å². The highest BCUT2D eigenvalue weighted by molar-refractivity contribution is 5.48. The first-order valence-corrected chi connectivity index (χ1v) is 9.94. The lowest BCUT2D eigenvalue weighted by Gasteiger charge is -2.35. The van der Waals surface area contributed by atoms with Crippen LogP contribution in [0.1, 0.15) is 69.8 Å². The van der Waals surface area contributed by atoms with Crippen LogP contribution in [0.5, 0.6) is 0 Å². The summed E-state index contributed by atoms with van der Waals surface area (Å²) in [4.78, 5) is 2.38. The fourth-order valence-corrected chi connectivity index (χ4v) is 4.51. The van der Waals surface area contributed by atoms with Crippen molar-refractivity contribution in [1.82, 2.24) is 0 Å². The van der Waals surface area contributed by atoms with Gasteiger partial charge in [-0.05, 0) is 61.8 Å². The lowest BCUT2D eigenvalue weighted by Crippen LogP contribution is -2.35. The normalized spacial score (nSPS) is 20.6. The zero-order chi connectivity index (χ0) is 17.7. The van der Waals surface area contributed by atoms with E-state index in [1.165, 1.54) is 76.3 Å². The predicted molar refractivity (Wildman–Crippen MR) is 96.8 cm³/mol. The van der Waals surface area contributed by atoms with Gasteiger partial charge in [0.25, 0.3) is 0 Å². The smallest absolute Gasteiger partial charge is 0.371 e. The van der Waals surface area contributed by atoms with E-state index in [2.05, 4.69) is 4.90 Å². The van der Waals surface area contributed by atoms with Gasteiger partial charge in [-0.3, -0.25) is 0 Å². The molecule has 0 aromatic heterocycles. The van der Waals surface area contributed by atoms with Crippen LogP contribution in [-0.4, -0.2) is 13.1 Å². The van der Waals surface area contributed by atoms with Crippen LogP contribution in [0.25, 0.3) is 0 Å². The molecule has 2 aliphatic carbocycles. The van der Waals surface area contributed by atoms with Gasteiger partial charge in [0.15, 0.2) is 0 Å². The Bertz CT molecular complexity index is 491. The number of hydrogen-bond acceptors (Lipinski definition) is 1. The zero-order valence-electron chi connectivity index (χ0n) is 15.0. The molecule has 1 aromatic carbocycles. The number of rotatable bonds is 5. The second kappa shape index (κ2) is 8.46. The van der Waals surface area contributed by atoms with Crippen molar-refractivity contribution in [3.05, 3.63) is 29.8 Å². The van der Waals surface area contributed by atoms with Gasteiger partial charge in [-0.1, -0.05) is 38.5 Å². The van der Waals surface area contributed by atoms with Crippen LogP contribution in [0.2, 0.25) is 0 Å². The van der Waals surface area contributed by atoms with E-state index in [1.807, 2.05) is 0 Å². The van der Waals surface area contributed by atoms with Crippen LogP contribution in [0.4, 0.5) is 18.9 Å². The first-order chi connectivity index (χ1) is 12.0. The summed E-state index contributed by atoms with van der Waals surface area (Å²) in [7, 11) is 0. The minimum absolute atomic E-state index is 0.550. The standard InChI is InChI=1S/C21H30F3N/c22-21(23,24)19-11-13-20(14-12-19)25(15-17-7-3-1-4-8-17)16-18-9-5-2-6-10-18/h11-14,17-18H,1-10,15-16H2. The van der Waals surface area contributed by atoms with Gasteiger partial charge in [-0.2, -0.15) is 13.2 Å². The highest BCUT2D eigenvalue weighted by Gasteiger charge is 2.30. The van der Waals surface area contributed by atoms with Crippen LogP contribution < -0.4 is 4.90 Å². The molecule has 140 valence electrons. The average molecular weight is 353 g/mol. The molecule has 0 unspecified atom stereocenters. The largest absolute Gasteiger partial charge is 0.416 e. The molecule has 0 radical (unpaired) electrons. The van der Waals surface area contributed by atoms with Crippen molar-refractivity contribution >= 4 is 5.69 Å². The lowest BCUT2D eigenvalue weighted by molar-refractivity contribution is -0.137. The summed E-state index contributed by atoms with van der Waals surface area (Å²) in [6, 6.07) is 5.83. The Morgan fingerprint density at radius 1 is 0.720 bits per heavy atom. The minimum Gasteiger partial charge on any atom is -0.371 e. The molecule has 25 heavy (non-hydrogen) atoms. The van der Waals surface area contributed by atoms with Crippen molar-refractivity contribution in [2.24, 2.45) is 11.8 Å². The van der Waals surface area contributed by atoms with Crippen LogP contribution >= 0.6 is 0 Å². The Labute approximate surface area is 149 Å². The molecule has 0 atom stereocenters. The number of hydrogen-bond donors (Lipinski definition) is 0. The van der Waals surface area contributed by atoms with Gasteiger partial charge in [0.2, 0.25) is 0 Å². The van der Waals surface area contributed by atoms with Gasteiger partial charge in [0.1, 0.15) is 0 Å². The Morgan fingerprint density at radius 2 is 1.16 bits per heavy atom. The van der Waals surface area contributed by atoms with Crippen LogP contribution in [0.3, 0.4) is 0 Å². The van der Waals surface area contributed by atoms with Crippen molar-refractivity contribution in [1.29, 1.82) is 0 Å². The summed E-state index contributed by atoms with van der Waals surface area (Å²) in [6.45, 7) is 2.00. The molecule has 2 fully saturated rings. The fourth-order valence-electron chi connectivity index (χ4n) is 4.51. The first kappa shape index (κ1) is 18.6. The summed E-state index contributed by atoms with van der Waals surface area (Å²) in [5, 5.41) is 0. The summed E-state index contributed by atoms with van der Waals surface area (Å²) >= 11 is 0. The van der Waals surface area contributed by atoms with E-state index >= 15 is 0 Å². The van der Waals surface area contributed by atoms with E-state index in [-0.39, 0.29) is 0 Å². The number of alkyl halides is 3. The molecule has 0 bridgehead atoms. The van der Waals surface area contributed by atoms with Crippen molar-refractivity contribution in [3.63, 3.8) is 0 Å². The van der Waals surface area contributed by atoms with Crippen LogP contribution in [0.15, 0.2) is 24.3 Å². The van der Waals surface area contributed by atoms with Crippen LogP contribution in [0, 0.1) is 11.8 Å². The highest BCUT2D eigenvalue weighted by Crippen LogP contribution is 2.33. The lowest BCUT2D eigenvalue weighted by atomic mass is 9.86. The molecular weight excluding hydrogens is 323 g/mol. The summed E-state index contributed by atoms with van der Waals surface area (Å²) in [5.74, 6) is 1.39. The quantitative estimate of drug-likeness (QED) is 0.571. The molecule has 0 saturated heterocycles. The monoisotopic (exact) mass is 353 g/mol. The van der Waals surface area contributed by atoms with Crippen LogP contribution in [-0.2, 0) is 6.18 Å². The maximum Gasteiger partial charge on any atom is 0.416 e. The van der Waals surface area contributed by atoms with E-state index < -0.39 is 11.7 Å². The molecule has 2 saturated carbocycles. The second-order valence-corrected chi connectivity index (χ2v) is 7.96. The van der Waals surface area contributed by atoms with Crippen molar-refractivity contribution < 1.29 is 13.2 Å². The number of halogens is 3. The van der Waals surface area contributed by atoms with Gasteiger partial charge in [0, 0.05) is 18.8 Å². The average Bonchev–Trinajstić information content (AvgIpc) is 2.62. The van der Waals surface area contributed by atoms with Gasteiger partial charge in [-0.25, -0.2) is 0 Å². The Balaban J connectivity index is 1.71. The summed E-state index contributed by atoms with van der Waals surface area (Å²) in [6.07, 6.45) is 8.68. The van der Waals surface area contributed by atoms with E-state index in [1.54, 1.807) is 12.1 Å². The third-order valence-corrected chi connectivity index (χ3v) is 5.97. The van der Waals surface area contributed by atoms with Gasteiger partial charge >= 0.3 is 6.18 Å². The molecular formula is C21H30F3N. The molecule has 0 N–H and O–H groups in total. The Morgan fingerprint density at radius 3 is 1.56 bits per heavy atom. The highest BCUT2D eigenvalue weighted by atomic mass is 19.4. The topological polar surface area (TPSA) is 3.24 Å². The Kier molecular flexibility index (Phi) is 6.29. The van der Waals surface area contributed by atoms with Crippen molar-refractivity contribution in [3.8, 4) is 0 Å². The molecule has 4 heteroatoms. The SMILES string of the molecule is FC(F)(F)c1ccc(N(CC2CCCCC2)CC2CCCCC2)cc1. The third-order valence-electron chi connectivity index (χ3n) is 5.97. The van der Waals surface area contributed by atoms with Gasteiger partial charge in [-0.15, -0.1) is 0 Å². The van der Waals surface area contributed by atoms with E-state index in [9.17, 15) is 13.2 Å². The number of benzene rings is 1. The van der Waals surface area contributed by atoms with Gasteiger partial charge in [0.05, 0.1) is 5.56 Å². The predicted octanol–water partition coefficient (Wildman–Crippen LogP) is 6.67. The van der Waals surface area contributed by atoms with Gasteiger partial charge < -0.3 is 4.90 Å². The number of nitrogens with zero attached hydrogens (tertiary/aromatic N) is 1. The van der Waals surface area contributed by atoms with E-state index in [0.29, 0.717) is 11.8 Å². The van der Waals surface area contributed by atoms with E-state index in [4.69, 9.17) is 0 Å². The molecule has 0 spiro atoms. The number of anilines is 1. The second-order valence-electron chi connectivity index (χ2n) is 7.96. The summed E-state index contributed by atoms with van der Waals surface area (Å²) in [5.41, 5.74) is 0.413. The maximum atomic E-state index is 12.9. The molecule has 1 nitrogen and oxygen atoms in total.